The van der Waals surface area contributed by atoms with E-state index < -0.39 is 29.2 Å². The van der Waals surface area contributed by atoms with Crippen molar-refractivity contribution in [2.24, 2.45) is 10.5 Å². The van der Waals surface area contributed by atoms with Crippen LogP contribution in [0.3, 0.4) is 0 Å². The predicted molar refractivity (Wildman–Crippen MR) is 173 cm³/mol. The molecule has 236 valence electrons. The van der Waals surface area contributed by atoms with E-state index in [1.807, 2.05) is 18.2 Å². The Kier molecular flexibility index (Phi) is 9.55. The van der Waals surface area contributed by atoms with Gasteiger partial charge < -0.3 is 15.4 Å². The SMILES string of the molecule is CN(C(=O)OC(C)(C)C)c1cccc(NC(=O)NCN2N=C(c3ccccn3)c3ccccc3N(CC(=O)C(C)(C)C)C2=O)c1. The van der Waals surface area contributed by atoms with E-state index in [1.165, 1.54) is 9.80 Å². The molecule has 0 unspecified atom stereocenters. The number of amides is 5. The monoisotopic (exact) mass is 613 g/mol. The second-order valence-electron chi connectivity index (χ2n) is 12.5. The molecule has 1 aliphatic rings. The molecule has 4 rings (SSSR count). The Balaban J connectivity index is 1.58. The number of carbonyl (C=O) groups excluding carboxylic acids is 4. The molecule has 0 radical (unpaired) electrons. The molecule has 12 heteroatoms. The van der Waals surface area contributed by atoms with Gasteiger partial charge in [0.1, 0.15) is 18.0 Å². The normalized spacial score (nSPS) is 13.3. The van der Waals surface area contributed by atoms with E-state index in [2.05, 4.69) is 20.7 Å². The van der Waals surface area contributed by atoms with Crippen molar-refractivity contribution in [2.75, 3.05) is 35.4 Å². The summed E-state index contributed by atoms with van der Waals surface area (Å²) in [7, 11) is 1.57. The molecular formula is C33H39N7O5. The molecule has 0 saturated heterocycles. The van der Waals surface area contributed by atoms with Crippen molar-refractivity contribution in [1.29, 1.82) is 0 Å². The van der Waals surface area contributed by atoms with Crippen LogP contribution in [0.5, 0.6) is 0 Å². The molecule has 1 aromatic heterocycles. The van der Waals surface area contributed by atoms with E-state index in [-0.39, 0.29) is 19.0 Å². The number of Topliss-reactive ketones (excluding diaryl/α,β-unsaturated/α-hetero) is 1. The highest BCUT2D eigenvalue weighted by atomic mass is 16.6. The Morgan fingerprint density at radius 3 is 2.31 bits per heavy atom. The third kappa shape index (κ3) is 8.22. The topological polar surface area (TPSA) is 137 Å². The zero-order valence-corrected chi connectivity index (χ0v) is 26.6. The van der Waals surface area contributed by atoms with Gasteiger partial charge in [0.15, 0.2) is 5.78 Å². The number of nitrogens with zero attached hydrogens (tertiary/aromatic N) is 5. The van der Waals surface area contributed by atoms with Gasteiger partial charge in [-0.3, -0.25) is 19.6 Å². The molecule has 2 aromatic carbocycles. The number of benzene rings is 2. The van der Waals surface area contributed by atoms with Gasteiger partial charge in [-0.15, -0.1) is 0 Å². The van der Waals surface area contributed by atoms with Crippen molar-refractivity contribution in [3.8, 4) is 0 Å². The Morgan fingerprint density at radius 2 is 1.64 bits per heavy atom. The van der Waals surface area contributed by atoms with Crippen molar-refractivity contribution < 1.29 is 23.9 Å². The number of pyridine rings is 1. The fraction of sp³-hybridized carbons (Fsp3) is 0.333. The van der Waals surface area contributed by atoms with Crippen LogP contribution in [0.4, 0.5) is 31.4 Å². The number of rotatable bonds is 7. The van der Waals surface area contributed by atoms with Crippen LogP contribution in [-0.4, -0.2) is 65.5 Å². The lowest BCUT2D eigenvalue weighted by molar-refractivity contribution is -0.124. The summed E-state index contributed by atoms with van der Waals surface area (Å²) in [6.07, 6.45) is 1.08. The number of ketones is 1. The standard InChI is InChI=1S/C33H39N7O5/c1-32(2,3)27(41)20-39-26-17-9-8-15-24(26)28(25-16-10-11-18-34-25)37-40(30(39)43)21-35-29(42)36-22-13-12-14-23(19-22)38(7)31(44)45-33(4,5)6/h8-19H,20-21H2,1-7H3,(H2,35,36,42). The molecule has 5 amide bonds. The van der Waals surface area contributed by atoms with Crippen LogP contribution in [0.25, 0.3) is 0 Å². The first-order valence-electron chi connectivity index (χ1n) is 14.5. The molecule has 45 heavy (non-hydrogen) atoms. The molecule has 2 N–H and O–H groups in total. The smallest absolute Gasteiger partial charge is 0.414 e. The first-order valence-corrected chi connectivity index (χ1v) is 14.5. The highest BCUT2D eigenvalue weighted by Gasteiger charge is 2.34. The van der Waals surface area contributed by atoms with Gasteiger partial charge in [0.05, 0.1) is 17.9 Å². The van der Waals surface area contributed by atoms with Gasteiger partial charge in [0.2, 0.25) is 0 Å². The Bertz CT molecular complexity index is 1610. The lowest BCUT2D eigenvalue weighted by Crippen LogP contribution is -2.48. The van der Waals surface area contributed by atoms with Gasteiger partial charge in [0, 0.05) is 35.6 Å². The molecule has 0 spiro atoms. The maximum absolute atomic E-state index is 14.0. The zero-order chi connectivity index (χ0) is 32.9. The van der Waals surface area contributed by atoms with Crippen LogP contribution < -0.4 is 20.4 Å². The van der Waals surface area contributed by atoms with Crippen LogP contribution in [0.15, 0.2) is 78.0 Å². The van der Waals surface area contributed by atoms with Crippen molar-refractivity contribution in [3.63, 3.8) is 0 Å². The van der Waals surface area contributed by atoms with Crippen molar-refractivity contribution in [2.45, 2.75) is 47.1 Å². The molecule has 2 heterocycles. The molecular weight excluding hydrogens is 574 g/mol. The number of aromatic nitrogens is 1. The second kappa shape index (κ2) is 13.2. The highest BCUT2D eigenvalue weighted by molar-refractivity contribution is 6.18. The number of hydrogen-bond donors (Lipinski definition) is 2. The van der Waals surface area contributed by atoms with E-state index in [4.69, 9.17) is 4.74 Å². The number of para-hydroxylation sites is 1. The van der Waals surface area contributed by atoms with Crippen LogP contribution in [0, 0.1) is 5.41 Å². The summed E-state index contributed by atoms with van der Waals surface area (Å²) in [5, 5.41) is 11.1. The highest BCUT2D eigenvalue weighted by Crippen LogP contribution is 2.29. The van der Waals surface area contributed by atoms with E-state index in [9.17, 15) is 19.2 Å². The fourth-order valence-electron chi connectivity index (χ4n) is 4.25. The first-order chi connectivity index (χ1) is 21.1. The van der Waals surface area contributed by atoms with Gasteiger partial charge in [-0.1, -0.05) is 51.1 Å². The summed E-state index contributed by atoms with van der Waals surface area (Å²) in [4.78, 5) is 59.8. The largest absolute Gasteiger partial charge is 0.443 e. The lowest BCUT2D eigenvalue weighted by atomic mass is 9.90. The fourth-order valence-corrected chi connectivity index (χ4v) is 4.25. The summed E-state index contributed by atoms with van der Waals surface area (Å²) in [5.74, 6) is -0.145. The van der Waals surface area contributed by atoms with Gasteiger partial charge in [-0.2, -0.15) is 10.1 Å². The van der Waals surface area contributed by atoms with E-state index in [0.717, 1.165) is 5.01 Å². The number of hydrogen-bond acceptors (Lipinski definition) is 7. The number of hydrazone groups is 1. The third-order valence-corrected chi connectivity index (χ3v) is 6.72. The number of carbonyl (C=O) groups is 4. The minimum Gasteiger partial charge on any atom is -0.443 e. The summed E-state index contributed by atoms with van der Waals surface area (Å²) >= 11 is 0. The average Bonchev–Trinajstić information content (AvgIpc) is 3.09. The maximum Gasteiger partial charge on any atom is 0.414 e. The minimum absolute atomic E-state index is 0.145. The third-order valence-electron chi connectivity index (χ3n) is 6.72. The number of nitrogens with one attached hydrogen (secondary N) is 2. The van der Waals surface area contributed by atoms with E-state index in [1.54, 1.807) is 103 Å². The molecule has 1 aliphatic heterocycles. The summed E-state index contributed by atoms with van der Waals surface area (Å²) < 4.78 is 5.42. The average molecular weight is 614 g/mol. The molecule has 0 fully saturated rings. The van der Waals surface area contributed by atoms with Crippen LogP contribution in [0.2, 0.25) is 0 Å². The maximum atomic E-state index is 14.0. The van der Waals surface area contributed by atoms with E-state index in [0.29, 0.717) is 34.0 Å². The van der Waals surface area contributed by atoms with Crippen molar-refractivity contribution in [3.05, 3.63) is 84.2 Å². The second-order valence-corrected chi connectivity index (χ2v) is 12.5. The quantitative estimate of drug-likeness (QED) is 0.344. The predicted octanol–water partition coefficient (Wildman–Crippen LogP) is 5.84. The van der Waals surface area contributed by atoms with Crippen LogP contribution in [-0.2, 0) is 9.53 Å². The number of ether oxygens (including phenoxy) is 1. The minimum atomic E-state index is -0.693. The molecule has 0 aliphatic carbocycles. The van der Waals surface area contributed by atoms with Crippen LogP contribution >= 0.6 is 0 Å². The summed E-state index contributed by atoms with van der Waals surface area (Å²) in [5.41, 5.74) is 1.60. The molecule has 0 saturated carbocycles. The molecule has 3 aromatic rings. The molecule has 12 nitrogen and oxygen atoms in total. The van der Waals surface area contributed by atoms with Crippen molar-refractivity contribution >= 4 is 46.7 Å². The van der Waals surface area contributed by atoms with Crippen molar-refractivity contribution in [1.82, 2.24) is 15.3 Å². The van der Waals surface area contributed by atoms with Gasteiger partial charge in [0.25, 0.3) is 0 Å². The van der Waals surface area contributed by atoms with Crippen LogP contribution in [0.1, 0.15) is 52.8 Å². The molecule has 0 atom stereocenters. The summed E-state index contributed by atoms with van der Waals surface area (Å²) in [6, 6.07) is 18.0. The lowest BCUT2D eigenvalue weighted by Gasteiger charge is -2.28. The van der Waals surface area contributed by atoms with Gasteiger partial charge in [-0.25, -0.2) is 14.4 Å². The Morgan fingerprint density at radius 1 is 0.933 bits per heavy atom. The summed E-state index contributed by atoms with van der Waals surface area (Å²) in [6.45, 7) is 10.2. The number of fused-ring (bicyclic) bond motifs is 1. The van der Waals surface area contributed by atoms with E-state index >= 15 is 0 Å². The zero-order valence-electron chi connectivity index (χ0n) is 26.6. The Hall–Kier alpha value is -5.26. The Labute approximate surface area is 263 Å². The molecule has 0 bridgehead atoms. The first kappa shape index (κ1) is 32.6. The number of anilines is 3. The van der Waals surface area contributed by atoms with Gasteiger partial charge in [-0.05, 0) is 57.2 Å². The number of urea groups is 2. The van der Waals surface area contributed by atoms with Gasteiger partial charge >= 0.3 is 18.2 Å².